The maximum Gasteiger partial charge on any atom is 0.410 e. The molecule has 0 unspecified atom stereocenters. The zero-order chi connectivity index (χ0) is 31.7. The van der Waals surface area contributed by atoms with Gasteiger partial charge in [-0.15, -0.1) is 0 Å². The molecule has 9 atom stereocenters. The number of amides is 3. The first kappa shape index (κ1) is 35.1. The molecule has 0 saturated carbocycles. The molecule has 3 N–H and O–H groups in total. The van der Waals surface area contributed by atoms with Gasteiger partial charge in [0, 0.05) is 37.8 Å². The van der Waals surface area contributed by atoms with Gasteiger partial charge in [0.1, 0.15) is 6.10 Å². The maximum atomic E-state index is 12.6. The van der Waals surface area contributed by atoms with Crippen LogP contribution in [-0.4, -0.2) is 97.2 Å². The summed E-state index contributed by atoms with van der Waals surface area (Å²) in [4.78, 5) is 37.7. The molecule has 11 heteroatoms. The van der Waals surface area contributed by atoms with Crippen molar-refractivity contribution in [3.05, 3.63) is 36.0 Å². The molecule has 3 saturated heterocycles. The Morgan fingerprint density at radius 3 is 2.58 bits per heavy atom. The van der Waals surface area contributed by atoms with Crippen LogP contribution >= 0.6 is 11.8 Å². The number of nitrogens with zero attached hydrogens (tertiary/aromatic N) is 1. The molecule has 0 aliphatic carbocycles. The van der Waals surface area contributed by atoms with Crippen LogP contribution in [0.1, 0.15) is 60.3 Å². The first-order valence-corrected chi connectivity index (χ1v) is 16.7. The van der Waals surface area contributed by atoms with E-state index in [0.29, 0.717) is 19.6 Å². The van der Waals surface area contributed by atoms with Gasteiger partial charge < -0.3 is 34.9 Å². The highest BCUT2D eigenvalue weighted by Crippen LogP contribution is 2.47. The second-order valence-electron chi connectivity index (χ2n) is 12.4. The van der Waals surface area contributed by atoms with Gasteiger partial charge in [-0.2, -0.15) is 11.8 Å². The minimum Gasteiger partial charge on any atom is -0.442 e. The lowest BCUT2D eigenvalue weighted by Crippen LogP contribution is -2.50. The number of thioether (sulfide) groups is 1. The molecule has 0 aromatic heterocycles. The van der Waals surface area contributed by atoms with E-state index in [9.17, 15) is 14.4 Å². The third kappa shape index (κ3) is 10.7. The number of carbonyl (C=O) groups excluding carboxylic acids is 3. The number of nitrogens with one attached hydrogen (secondary N) is 1. The summed E-state index contributed by atoms with van der Waals surface area (Å²) in [5, 5.41) is 3.05. The summed E-state index contributed by atoms with van der Waals surface area (Å²) in [6.45, 7) is 11.4. The Bertz CT molecular complexity index is 1060. The van der Waals surface area contributed by atoms with E-state index in [1.807, 2.05) is 13.2 Å². The summed E-state index contributed by atoms with van der Waals surface area (Å²) in [6, 6.07) is -0.112. The number of hydrogen-bond donors (Lipinski definition) is 2. The number of rotatable bonds is 13. The van der Waals surface area contributed by atoms with Crippen LogP contribution < -0.4 is 11.1 Å². The fraction of sp³-hybridized carbons (Fsp3) is 0.719. The van der Waals surface area contributed by atoms with E-state index in [4.69, 9.17) is 24.7 Å². The first-order valence-electron chi connectivity index (χ1n) is 15.3. The smallest absolute Gasteiger partial charge is 0.410 e. The Labute approximate surface area is 261 Å². The quantitative estimate of drug-likeness (QED) is 0.179. The van der Waals surface area contributed by atoms with Crippen molar-refractivity contribution in [1.29, 1.82) is 0 Å². The molecule has 3 aliphatic heterocycles. The number of carbonyl (C=O) groups is 3. The predicted molar refractivity (Wildman–Crippen MR) is 169 cm³/mol. The Morgan fingerprint density at radius 1 is 1.21 bits per heavy atom. The molecule has 43 heavy (non-hydrogen) atoms. The molecule has 10 nitrogen and oxygen atoms in total. The molecule has 1 spiro atoms. The van der Waals surface area contributed by atoms with Crippen molar-refractivity contribution in [2.24, 2.45) is 17.6 Å². The SMILES string of the molecule is CSCCN(C)C(=O)O[C@@H](C)/C=C\C(=O)N[C@@H]1C[C@H](C)[C@H](C/C=C(C)/C=C/[C@H]2O[C@H](CC(N)=O)C[C@@]3(CO3)[C@@H]2C)O[C@@H]1C. The van der Waals surface area contributed by atoms with E-state index in [1.165, 1.54) is 11.0 Å². The van der Waals surface area contributed by atoms with Crippen molar-refractivity contribution >= 4 is 29.7 Å². The van der Waals surface area contributed by atoms with Crippen molar-refractivity contribution in [2.75, 3.05) is 32.2 Å². The van der Waals surface area contributed by atoms with E-state index >= 15 is 0 Å². The molecular weight excluding hydrogens is 570 g/mol. The van der Waals surface area contributed by atoms with E-state index < -0.39 is 12.2 Å². The number of ether oxygens (including phenoxy) is 4. The zero-order valence-electron chi connectivity index (χ0n) is 26.7. The van der Waals surface area contributed by atoms with Crippen LogP contribution in [0.15, 0.2) is 36.0 Å². The molecular formula is C32H51N3O7S. The highest BCUT2D eigenvalue weighted by Gasteiger charge is 2.56. The number of primary amides is 1. The number of nitrogens with two attached hydrogens (primary N) is 1. The van der Waals surface area contributed by atoms with E-state index in [-0.39, 0.29) is 66.1 Å². The van der Waals surface area contributed by atoms with Gasteiger partial charge in [-0.25, -0.2) is 4.79 Å². The molecule has 3 amide bonds. The highest BCUT2D eigenvalue weighted by atomic mass is 32.2. The normalized spacial score (nSPS) is 33.5. The Kier molecular flexibility index (Phi) is 13.2. The molecule has 0 aromatic rings. The first-order chi connectivity index (χ1) is 20.3. The van der Waals surface area contributed by atoms with Gasteiger partial charge in [-0.1, -0.05) is 37.6 Å². The largest absolute Gasteiger partial charge is 0.442 e. The number of hydrogen-bond acceptors (Lipinski definition) is 8. The van der Waals surface area contributed by atoms with Gasteiger partial charge in [0.2, 0.25) is 11.8 Å². The lowest BCUT2D eigenvalue weighted by atomic mass is 9.81. The minimum atomic E-state index is -0.519. The molecule has 3 rings (SSSR count). The summed E-state index contributed by atoms with van der Waals surface area (Å²) in [5.74, 6) is 0.680. The number of epoxide rings is 1. The van der Waals surface area contributed by atoms with Crippen molar-refractivity contribution in [3.63, 3.8) is 0 Å². The lowest BCUT2D eigenvalue weighted by Gasteiger charge is -2.39. The van der Waals surface area contributed by atoms with Gasteiger partial charge in [-0.3, -0.25) is 9.59 Å². The van der Waals surface area contributed by atoms with Gasteiger partial charge in [-0.05, 0) is 51.9 Å². The molecule has 3 heterocycles. The van der Waals surface area contributed by atoms with Crippen LogP contribution in [0.5, 0.6) is 0 Å². The van der Waals surface area contributed by atoms with Gasteiger partial charge in [0.25, 0.3) is 0 Å². The second kappa shape index (κ2) is 16.1. The summed E-state index contributed by atoms with van der Waals surface area (Å²) < 4.78 is 23.7. The molecule has 242 valence electrons. The Hall–Kier alpha value is -2.34. The molecule has 0 radical (unpaired) electrons. The average molecular weight is 622 g/mol. The predicted octanol–water partition coefficient (Wildman–Crippen LogP) is 3.99. The Balaban J connectivity index is 1.45. The maximum absolute atomic E-state index is 12.6. The summed E-state index contributed by atoms with van der Waals surface area (Å²) in [6.07, 6.45) is 12.4. The highest BCUT2D eigenvalue weighted by molar-refractivity contribution is 7.98. The van der Waals surface area contributed by atoms with Crippen molar-refractivity contribution < 1.29 is 33.3 Å². The zero-order valence-corrected chi connectivity index (χ0v) is 27.6. The third-order valence-electron chi connectivity index (χ3n) is 8.70. The van der Waals surface area contributed by atoms with Crippen LogP contribution in [0.3, 0.4) is 0 Å². The van der Waals surface area contributed by atoms with Crippen molar-refractivity contribution in [2.45, 2.75) is 102 Å². The fourth-order valence-corrected chi connectivity index (χ4v) is 6.14. The second-order valence-corrected chi connectivity index (χ2v) is 13.3. The van der Waals surface area contributed by atoms with E-state index in [2.05, 4.69) is 44.3 Å². The molecule has 0 bridgehead atoms. The van der Waals surface area contributed by atoms with Crippen LogP contribution in [0.4, 0.5) is 4.79 Å². The number of allylic oxidation sites excluding steroid dienone is 2. The monoisotopic (exact) mass is 621 g/mol. The topological polar surface area (TPSA) is 133 Å². The molecule has 3 fully saturated rings. The summed E-state index contributed by atoms with van der Waals surface area (Å²) >= 11 is 1.66. The standard InChI is InChI=1S/C32H51N3O7S/c1-20(9-12-28-23(4)32(19-39-32)18-25(42-28)17-29(33)36)8-11-27-21(2)16-26(24(5)41-27)34-30(37)13-10-22(3)40-31(38)35(6)14-15-43-7/h8-10,12-13,21-28H,11,14-19H2,1-7H3,(H2,33,36)(H,34,37)/b12-9+,13-10-,20-8+/t21-,22-,23+,24+,25+,26+,27-,28+,32+/m0/s1. The van der Waals surface area contributed by atoms with Crippen molar-refractivity contribution in [1.82, 2.24) is 10.2 Å². The van der Waals surface area contributed by atoms with Gasteiger partial charge >= 0.3 is 6.09 Å². The van der Waals surface area contributed by atoms with Crippen LogP contribution in [0, 0.1) is 11.8 Å². The van der Waals surface area contributed by atoms with E-state index in [0.717, 1.165) is 24.2 Å². The van der Waals surface area contributed by atoms with Crippen LogP contribution in [0.2, 0.25) is 0 Å². The minimum absolute atomic E-state index is 0.0394. The molecule has 3 aliphatic rings. The van der Waals surface area contributed by atoms with Crippen molar-refractivity contribution in [3.8, 4) is 0 Å². The van der Waals surface area contributed by atoms with Crippen LogP contribution in [0.25, 0.3) is 0 Å². The Morgan fingerprint density at radius 2 is 1.93 bits per heavy atom. The molecule has 0 aromatic carbocycles. The van der Waals surface area contributed by atoms with Gasteiger partial charge in [0.15, 0.2) is 0 Å². The van der Waals surface area contributed by atoms with E-state index in [1.54, 1.807) is 31.8 Å². The summed E-state index contributed by atoms with van der Waals surface area (Å²) in [5.41, 5.74) is 6.32. The summed E-state index contributed by atoms with van der Waals surface area (Å²) in [7, 11) is 1.70. The van der Waals surface area contributed by atoms with Crippen LogP contribution in [-0.2, 0) is 28.5 Å². The fourth-order valence-electron chi connectivity index (χ4n) is 5.68. The lowest BCUT2D eigenvalue weighted by molar-refractivity contribution is -0.128. The third-order valence-corrected chi connectivity index (χ3v) is 9.29. The average Bonchev–Trinajstić information content (AvgIpc) is 3.72. The van der Waals surface area contributed by atoms with Gasteiger partial charge in [0.05, 0.1) is 49.1 Å².